The van der Waals surface area contributed by atoms with Gasteiger partial charge in [0.2, 0.25) is 5.43 Å². The highest BCUT2D eigenvalue weighted by Crippen LogP contribution is 2.30. The Labute approximate surface area is 136 Å². The Balaban J connectivity index is 2.63. The molecule has 24 heavy (non-hydrogen) atoms. The summed E-state index contributed by atoms with van der Waals surface area (Å²) in [6, 6.07) is 3.88. The fraction of sp³-hybridized carbons (Fsp3) is 0.294. The van der Waals surface area contributed by atoms with Gasteiger partial charge in [-0.25, -0.2) is 0 Å². The van der Waals surface area contributed by atoms with Crippen molar-refractivity contribution in [3.8, 4) is 29.4 Å². The van der Waals surface area contributed by atoms with E-state index in [-0.39, 0.29) is 12.3 Å². The van der Waals surface area contributed by atoms with E-state index in [1.807, 2.05) is 0 Å². The number of aryl methyl sites for hydroxylation is 3. The van der Waals surface area contributed by atoms with Gasteiger partial charge in [0.05, 0.1) is 0 Å². The molecule has 126 valence electrons. The van der Waals surface area contributed by atoms with Crippen molar-refractivity contribution < 1.29 is 17.9 Å². The van der Waals surface area contributed by atoms with Gasteiger partial charge in [0.1, 0.15) is 23.7 Å². The van der Waals surface area contributed by atoms with Crippen LogP contribution in [0.15, 0.2) is 23.0 Å². The van der Waals surface area contributed by atoms with Gasteiger partial charge in [0, 0.05) is 18.7 Å². The molecule has 0 spiro atoms. The number of alkyl halides is 3. The fourth-order valence-electron chi connectivity index (χ4n) is 2.35. The van der Waals surface area contributed by atoms with Gasteiger partial charge in [-0.2, -0.15) is 18.3 Å². The van der Waals surface area contributed by atoms with E-state index in [9.17, 15) is 18.0 Å². The highest BCUT2D eigenvalue weighted by Gasteiger charge is 2.34. The summed E-state index contributed by atoms with van der Waals surface area (Å²) in [5.74, 6) is 2.79. The minimum Gasteiger partial charge on any atom is -0.481 e. The molecule has 0 saturated heterocycles. The molecule has 0 bridgehead atoms. The third kappa shape index (κ3) is 3.43. The lowest BCUT2D eigenvalue weighted by Gasteiger charge is -2.15. The second-order valence-electron chi connectivity index (χ2n) is 5.29. The number of nitrogens with zero attached hydrogens (tertiary/aromatic N) is 2. The number of rotatable bonds is 3. The second-order valence-corrected chi connectivity index (χ2v) is 5.29. The lowest BCUT2D eigenvalue weighted by atomic mass is 10.0. The standard InChI is InChI=1S/C17H15F3N2O2/c1-5-6-24-14-8-12(10(2)7-11(14)3)16-13(23)9-15(17(18,19)20)22(4)21-16/h1,7-9H,6H2,2-4H3. The third-order valence-electron chi connectivity index (χ3n) is 3.48. The summed E-state index contributed by atoms with van der Waals surface area (Å²) in [6.45, 7) is 3.59. The minimum absolute atomic E-state index is 0.0434. The average molecular weight is 336 g/mol. The van der Waals surface area contributed by atoms with Crippen molar-refractivity contribution in [2.24, 2.45) is 7.05 Å². The summed E-state index contributed by atoms with van der Waals surface area (Å²) in [6.07, 6.45) is 0.510. The average Bonchev–Trinajstić information content (AvgIpc) is 2.47. The maximum atomic E-state index is 12.9. The molecule has 0 aliphatic heterocycles. The van der Waals surface area contributed by atoms with Gasteiger partial charge in [-0.05, 0) is 31.0 Å². The van der Waals surface area contributed by atoms with E-state index in [4.69, 9.17) is 11.2 Å². The molecule has 2 aromatic rings. The van der Waals surface area contributed by atoms with Crippen molar-refractivity contribution in [3.05, 3.63) is 45.2 Å². The van der Waals surface area contributed by atoms with Crippen LogP contribution in [0.3, 0.4) is 0 Å². The zero-order valence-corrected chi connectivity index (χ0v) is 13.4. The summed E-state index contributed by atoms with van der Waals surface area (Å²) in [7, 11) is 1.14. The predicted molar refractivity (Wildman–Crippen MR) is 83.7 cm³/mol. The second kappa shape index (κ2) is 6.40. The number of aromatic nitrogens is 2. The number of halogens is 3. The van der Waals surface area contributed by atoms with Gasteiger partial charge >= 0.3 is 6.18 Å². The van der Waals surface area contributed by atoms with Crippen LogP contribution in [-0.2, 0) is 13.2 Å². The van der Waals surface area contributed by atoms with Crippen molar-refractivity contribution in [2.45, 2.75) is 20.0 Å². The molecule has 1 heterocycles. The van der Waals surface area contributed by atoms with Crippen molar-refractivity contribution in [1.82, 2.24) is 9.78 Å². The van der Waals surface area contributed by atoms with Gasteiger partial charge in [-0.15, -0.1) is 6.42 Å². The number of benzene rings is 1. The summed E-state index contributed by atoms with van der Waals surface area (Å²) >= 11 is 0. The smallest absolute Gasteiger partial charge is 0.433 e. The van der Waals surface area contributed by atoms with Crippen molar-refractivity contribution in [2.75, 3.05) is 6.61 Å². The molecule has 2 rings (SSSR count). The van der Waals surface area contributed by atoms with Crippen LogP contribution < -0.4 is 10.2 Å². The maximum absolute atomic E-state index is 12.9. The topological polar surface area (TPSA) is 44.1 Å². The number of terminal acetylenes is 1. The predicted octanol–water partition coefficient (Wildman–Crippen LogP) is 3.09. The van der Waals surface area contributed by atoms with Crippen LogP contribution in [0.4, 0.5) is 13.2 Å². The Morgan fingerprint density at radius 2 is 1.92 bits per heavy atom. The van der Waals surface area contributed by atoms with Crippen LogP contribution in [0, 0.1) is 26.2 Å². The lowest BCUT2D eigenvalue weighted by Crippen LogP contribution is -2.22. The van der Waals surface area contributed by atoms with E-state index in [0.717, 1.165) is 12.6 Å². The first-order chi connectivity index (χ1) is 11.1. The molecule has 0 radical (unpaired) electrons. The van der Waals surface area contributed by atoms with Crippen LogP contribution in [-0.4, -0.2) is 16.4 Å². The molecule has 0 amide bonds. The van der Waals surface area contributed by atoms with E-state index in [2.05, 4.69) is 11.0 Å². The fourth-order valence-corrected chi connectivity index (χ4v) is 2.35. The Hall–Kier alpha value is -2.75. The van der Waals surface area contributed by atoms with Gasteiger partial charge in [-0.1, -0.05) is 12.0 Å². The molecular weight excluding hydrogens is 321 g/mol. The van der Waals surface area contributed by atoms with Gasteiger partial charge < -0.3 is 4.74 Å². The van der Waals surface area contributed by atoms with E-state index in [1.54, 1.807) is 26.0 Å². The highest BCUT2D eigenvalue weighted by molar-refractivity contribution is 5.66. The molecule has 7 heteroatoms. The summed E-state index contributed by atoms with van der Waals surface area (Å²) in [4.78, 5) is 12.2. The molecule has 0 aliphatic carbocycles. The normalized spacial score (nSPS) is 11.2. The molecule has 0 aliphatic rings. The molecule has 0 unspecified atom stereocenters. The molecule has 0 fully saturated rings. The SMILES string of the molecule is C#CCOc1cc(-c2nn(C)c(C(F)(F)F)cc2=O)c(C)cc1C. The molecule has 4 nitrogen and oxygen atoms in total. The van der Waals surface area contributed by atoms with Crippen molar-refractivity contribution >= 4 is 0 Å². The Bertz CT molecular complexity index is 877. The third-order valence-corrected chi connectivity index (χ3v) is 3.48. The molecule has 0 saturated carbocycles. The van der Waals surface area contributed by atoms with Crippen LogP contribution in [0.25, 0.3) is 11.3 Å². The lowest BCUT2D eigenvalue weighted by molar-refractivity contribution is -0.144. The molecule has 1 aromatic carbocycles. The van der Waals surface area contributed by atoms with Gasteiger partial charge in [0.15, 0.2) is 0 Å². The van der Waals surface area contributed by atoms with Gasteiger partial charge in [0.25, 0.3) is 0 Å². The van der Waals surface area contributed by atoms with E-state index in [1.165, 1.54) is 0 Å². The minimum atomic E-state index is -4.65. The van der Waals surface area contributed by atoms with Crippen molar-refractivity contribution in [1.29, 1.82) is 0 Å². The molecular formula is C17H15F3N2O2. The Kier molecular flexibility index (Phi) is 4.69. The summed E-state index contributed by atoms with van der Waals surface area (Å²) in [5.41, 5.74) is -0.0873. The molecule has 0 N–H and O–H groups in total. The first kappa shape index (κ1) is 17.6. The van der Waals surface area contributed by atoms with E-state index < -0.39 is 17.3 Å². The zero-order valence-electron chi connectivity index (χ0n) is 13.4. The number of ether oxygens (including phenoxy) is 1. The van der Waals surface area contributed by atoms with Crippen LogP contribution in [0.5, 0.6) is 5.75 Å². The first-order valence-corrected chi connectivity index (χ1v) is 6.98. The van der Waals surface area contributed by atoms with Crippen LogP contribution in [0.1, 0.15) is 16.8 Å². The molecule has 0 atom stereocenters. The van der Waals surface area contributed by atoms with Crippen LogP contribution in [0.2, 0.25) is 0 Å². The van der Waals surface area contributed by atoms with Crippen LogP contribution >= 0.6 is 0 Å². The van der Waals surface area contributed by atoms with E-state index in [0.29, 0.717) is 27.6 Å². The summed E-state index contributed by atoms with van der Waals surface area (Å²) < 4.78 is 44.6. The van der Waals surface area contributed by atoms with Gasteiger partial charge in [-0.3, -0.25) is 9.48 Å². The zero-order chi connectivity index (χ0) is 18.1. The largest absolute Gasteiger partial charge is 0.481 e. The van der Waals surface area contributed by atoms with Crippen molar-refractivity contribution in [3.63, 3.8) is 0 Å². The first-order valence-electron chi connectivity index (χ1n) is 6.98. The quantitative estimate of drug-likeness (QED) is 0.809. The maximum Gasteiger partial charge on any atom is 0.433 e. The van der Waals surface area contributed by atoms with E-state index >= 15 is 0 Å². The Morgan fingerprint density at radius 1 is 1.25 bits per heavy atom. The highest BCUT2D eigenvalue weighted by atomic mass is 19.4. The number of hydrogen-bond donors (Lipinski definition) is 0. The molecule has 1 aromatic heterocycles. The number of hydrogen-bond acceptors (Lipinski definition) is 3. The Morgan fingerprint density at radius 3 is 2.50 bits per heavy atom. The monoisotopic (exact) mass is 336 g/mol. The summed E-state index contributed by atoms with van der Waals surface area (Å²) in [5, 5.41) is 3.81.